The standard InChI is InChI=1S/C20H36O2.C17H32O.C17H32.C16H30O.C16H28O.C14H25I.C14H26O.C6H10O2/c1-14(2)22-19(21)10-6-8-15(3)17-11-12-18-16(4)9-7-13-20(17,18)5;1-13(7-4-5-12-18)15-9-10-16-14(2)8-6-11-17(15,16)3;1-5-6-8-13(2)15-10-11-16-14(3)9-7-12-17(15,16)4;2*1-4-5-7-12(2)13-9-10-14-15(17)8-6-11-16(13,14)3;2*1-10-5-4-8-14(3)12(10)6-7-13(14)11(2)9-15;1-4-6(7)8-5(2)3/h14-18H,6-13H2,1-5H3;13-16,18H,4-12H2,1-3H3;13-16H,5-12H2,1-4H3;12-15,17H,4-11H2,1-3H3;12-14H,4-11H2,1-3H3;10-13H,4-9H2,1-3H3;10-13,15H,4-9H2,1-3H3;4-5H,1H2,2-3H3/t15-,16-,17+,18-,20+;2*13-,14-,15+,16-,17+;12-,13+,14-,15-,16+;12-,13+,14-,16+;2*10-,11-,12-,13+,14-;/m0000000./s1. The number of hydrogen-bond acceptors (Lipinski definition) is 8. The van der Waals surface area contributed by atoms with E-state index in [1.165, 1.54) is 287 Å². The number of carbonyl (C=O) groups excluding carboxylic acids is 3. The lowest BCUT2D eigenvalue weighted by atomic mass is 9.59. The summed E-state index contributed by atoms with van der Waals surface area (Å²) in [6.07, 6.45) is 68.3. The van der Waals surface area contributed by atoms with E-state index < -0.39 is 0 Å². The Bertz CT molecular complexity index is 3080. The predicted octanol–water partition coefficient (Wildman–Crippen LogP) is 34.4. The van der Waals surface area contributed by atoms with E-state index in [1.54, 1.807) is 13.8 Å². The zero-order valence-corrected chi connectivity index (χ0v) is 92.4. The Hall–Kier alpha value is -1.04. The third-order valence-electron chi connectivity index (χ3n) is 42.2. The molecule has 129 heavy (non-hydrogen) atoms. The van der Waals surface area contributed by atoms with Crippen LogP contribution in [0.4, 0.5) is 0 Å². The molecule has 14 aliphatic rings. The number of ketones is 1. The molecule has 14 rings (SSSR count). The van der Waals surface area contributed by atoms with Crippen LogP contribution in [0.1, 0.15) is 501 Å². The Balaban J connectivity index is 0.000000204. The second-order valence-electron chi connectivity index (χ2n) is 51.1. The van der Waals surface area contributed by atoms with Crippen LogP contribution in [0.15, 0.2) is 12.7 Å². The molecule has 0 aromatic heterocycles. The normalized spacial score (nSPS) is 40.2. The van der Waals surface area contributed by atoms with E-state index in [4.69, 9.17) is 9.84 Å². The van der Waals surface area contributed by atoms with Crippen molar-refractivity contribution >= 4 is 40.3 Å². The van der Waals surface area contributed by atoms with E-state index >= 15 is 0 Å². The molecule has 0 aliphatic heterocycles. The van der Waals surface area contributed by atoms with E-state index in [2.05, 4.69) is 186 Å². The molecule has 0 unspecified atom stereocenters. The van der Waals surface area contributed by atoms with Crippen molar-refractivity contribution < 1.29 is 39.2 Å². The van der Waals surface area contributed by atoms with Crippen molar-refractivity contribution in [3.63, 3.8) is 0 Å². The van der Waals surface area contributed by atoms with Crippen molar-refractivity contribution in [1.82, 2.24) is 0 Å². The number of ether oxygens (including phenoxy) is 2. The van der Waals surface area contributed by atoms with Crippen molar-refractivity contribution in [3.8, 4) is 0 Å². The lowest BCUT2D eigenvalue weighted by Gasteiger charge is -2.46. The molecule has 0 spiro atoms. The number of Topliss-reactive ketones (excluding diaryl/α,β-unsaturated/α-hetero) is 1. The molecule has 8 nitrogen and oxygen atoms in total. The lowest BCUT2D eigenvalue weighted by Crippen LogP contribution is -2.41. The topological polar surface area (TPSA) is 130 Å². The number of hydrogen-bond donors (Lipinski definition) is 3. The zero-order valence-electron chi connectivity index (χ0n) is 90.3. The highest BCUT2D eigenvalue weighted by atomic mass is 127. The maximum Gasteiger partial charge on any atom is 0.330 e. The molecule has 0 amide bonds. The first-order valence-corrected chi connectivity index (χ1v) is 58.6. The number of carbonyl (C=O) groups is 3. The molecule has 0 saturated heterocycles. The molecular weight excluding hydrogens is 1700 g/mol. The lowest BCUT2D eigenvalue weighted by molar-refractivity contribution is -0.147. The fourth-order valence-corrected chi connectivity index (χ4v) is 35.9. The third kappa shape index (κ3) is 29.3. The highest BCUT2D eigenvalue weighted by Gasteiger charge is 2.58. The van der Waals surface area contributed by atoms with Crippen LogP contribution in [0, 0.1) is 192 Å². The minimum Gasteiger partial charge on any atom is -0.463 e. The summed E-state index contributed by atoms with van der Waals surface area (Å²) in [5.41, 5.74) is 3.94. The van der Waals surface area contributed by atoms with E-state index in [-0.39, 0.29) is 30.3 Å². The Morgan fingerprint density at radius 1 is 0.372 bits per heavy atom. The van der Waals surface area contributed by atoms with Gasteiger partial charge >= 0.3 is 11.9 Å². The van der Waals surface area contributed by atoms with E-state index in [0.717, 1.165) is 174 Å². The van der Waals surface area contributed by atoms with Crippen LogP contribution in [0.2, 0.25) is 0 Å². The summed E-state index contributed by atoms with van der Waals surface area (Å²) in [4.78, 5) is 34.0. The van der Waals surface area contributed by atoms with Crippen molar-refractivity contribution in [3.05, 3.63) is 12.7 Å². The number of aliphatic hydroxyl groups is 3. The van der Waals surface area contributed by atoms with Gasteiger partial charge in [-0.3, -0.25) is 9.59 Å². The summed E-state index contributed by atoms with van der Waals surface area (Å²) >= 11 is 2.58. The maximum absolute atomic E-state index is 12.1. The number of unbranched alkanes of at least 4 members (excludes halogenated alkanes) is 4. The summed E-state index contributed by atoms with van der Waals surface area (Å²) in [7, 11) is 0. The van der Waals surface area contributed by atoms with Gasteiger partial charge in [0, 0.05) is 42.5 Å². The van der Waals surface area contributed by atoms with Gasteiger partial charge < -0.3 is 24.8 Å². The molecule has 0 heterocycles. The fraction of sp³-hybridized carbons (Fsp3) is 0.958. The van der Waals surface area contributed by atoms with E-state index in [0.29, 0.717) is 81.1 Å². The minimum atomic E-state index is -0.361. The monoisotopic (exact) mass is 1920 g/mol. The predicted molar refractivity (Wildman–Crippen MR) is 560 cm³/mol. The number of esters is 2. The molecule has 14 aliphatic carbocycles. The van der Waals surface area contributed by atoms with Crippen molar-refractivity contribution in [2.45, 2.75) is 519 Å². The quantitative estimate of drug-likeness (QED) is 0.0222. The van der Waals surface area contributed by atoms with Gasteiger partial charge in [-0.25, -0.2) is 4.79 Å². The first kappa shape index (κ1) is 115. The van der Waals surface area contributed by atoms with Gasteiger partial charge in [0.15, 0.2) is 0 Å². The Morgan fingerprint density at radius 2 is 0.659 bits per heavy atom. The van der Waals surface area contributed by atoms with Crippen LogP contribution in [-0.4, -0.2) is 69.0 Å². The highest BCUT2D eigenvalue weighted by molar-refractivity contribution is 14.1. The molecular formula is C120H219IO8. The molecule has 14 fully saturated rings. The van der Waals surface area contributed by atoms with Crippen molar-refractivity contribution in [2.24, 2.45) is 192 Å². The van der Waals surface area contributed by atoms with Gasteiger partial charge in [-0.1, -0.05) is 323 Å². The first-order valence-electron chi connectivity index (χ1n) is 57.1. The largest absolute Gasteiger partial charge is 0.463 e. The van der Waals surface area contributed by atoms with Crippen LogP contribution in [-0.2, 0) is 23.9 Å². The summed E-state index contributed by atoms with van der Waals surface area (Å²) in [5.74, 6) is 22.9. The molecule has 0 radical (unpaired) electrons. The average Bonchev–Trinajstić information content (AvgIpc) is 1.69. The summed E-state index contributed by atoms with van der Waals surface area (Å²) in [5, 5.41) is 28.5. The summed E-state index contributed by atoms with van der Waals surface area (Å²) in [6.45, 7) is 65.5. The SMILES string of the molecule is C=CC(=O)OC(C)C.CC(C)OC(=O)CCC[C@H](C)[C@H]1CC[C@H]2[C@@H](C)CCC[C@]12C.CCCC[C@H](C)[C@H]1CC[C@H]2C(=O)CCC[C@]12C.CCCC[C@H](C)[C@H]1CC[C@H]2[C@@H](C)CCC[C@]12C.CCCC[C@H](C)[C@H]1CC[C@H]2[C@@H](O)CCC[C@]12C.C[C@@H](CCCCO)[C@H]1CC[C@H]2[C@@H](C)CCC[C@]12C.C[C@@H](CI)[C@H]1CC[C@H]2[C@@H](C)CCC[C@]12C.C[C@@H](CO)[C@H]1CC[C@H]2[C@@H](C)CCC[C@]12C. The maximum atomic E-state index is 12.1. The summed E-state index contributed by atoms with van der Waals surface area (Å²) in [6, 6.07) is 0. The first-order chi connectivity index (χ1) is 61.1. The minimum absolute atomic E-state index is 0.00266. The zero-order chi connectivity index (χ0) is 95.6. The second-order valence-corrected chi connectivity index (χ2v) is 52.0. The van der Waals surface area contributed by atoms with Gasteiger partial charge in [0.2, 0.25) is 0 Å². The van der Waals surface area contributed by atoms with Gasteiger partial charge in [0.25, 0.3) is 0 Å². The molecule has 0 aromatic rings. The van der Waals surface area contributed by atoms with Crippen molar-refractivity contribution in [2.75, 3.05) is 17.6 Å². The smallest absolute Gasteiger partial charge is 0.330 e. The van der Waals surface area contributed by atoms with Gasteiger partial charge in [0.05, 0.1) is 18.3 Å². The second kappa shape index (κ2) is 54.1. The molecule has 34 atom stereocenters. The molecule has 3 N–H and O–H groups in total. The van der Waals surface area contributed by atoms with Crippen LogP contribution in [0.3, 0.4) is 0 Å². The number of aliphatic hydroxyl groups excluding tert-OH is 3. The third-order valence-corrected chi connectivity index (χ3v) is 43.6. The molecule has 754 valence electrons. The van der Waals surface area contributed by atoms with Crippen LogP contribution >= 0.6 is 22.6 Å². The summed E-state index contributed by atoms with van der Waals surface area (Å²) < 4.78 is 11.2. The van der Waals surface area contributed by atoms with Gasteiger partial charge in [-0.15, -0.1) is 0 Å². The van der Waals surface area contributed by atoms with E-state index in [1.807, 2.05) is 13.8 Å². The Morgan fingerprint density at radius 3 is 0.969 bits per heavy atom. The Kier molecular flexibility index (Phi) is 48.2. The van der Waals surface area contributed by atoms with Crippen LogP contribution < -0.4 is 0 Å². The average molecular weight is 1920 g/mol. The van der Waals surface area contributed by atoms with Gasteiger partial charge in [0.1, 0.15) is 5.78 Å². The Labute approximate surface area is 815 Å². The van der Waals surface area contributed by atoms with E-state index in [9.17, 15) is 24.6 Å². The van der Waals surface area contributed by atoms with Gasteiger partial charge in [-0.2, -0.15) is 0 Å². The number of halogens is 1. The molecule has 14 saturated carbocycles. The molecule has 9 heteroatoms. The highest BCUT2D eigenvalue weighted by Crippen LogP contribution is 2.66. The van der Waals surface area contributed by atoms with Crippen molar-refractivity contribution in [1.29, 1.82) is 0 Å². The molecule has 0 aromatic carbocycles. The van der Waals surface area contributed by atoms with Crippen LogP contribution in [0.25, 0.3) is 0 Å². The van der Waals surface area contributed by atoms with Crippen LogP contribution in [0.5, 0.6) is 0 Å². The molecule has 0 bridgehead atoms. The number of fused-ring (bicyclic) bond motifs is 7. The van der Waals surface area contributed by atoms with Gasteiger partial charge in [-0.05, 0) is 380 Å². The fourth-order valence-electron chi connectivity index (χ4n) is 35.3. The number of rotatable bonds is 29. The number of alkyl halides is 1.